The zero-order valence-corrected chi connectivity index (χ0v) is 12.5. The first-order chi connectivity index (χ1) is 8.88. The van der Waals surface area contributed by atoms with E-state index in [1.807, 2.05) is 0 Å². The van der Waals surface area contributed by atoms with Crippen LogP contribution in [-0.4, -0.2) is 13.4 Å². The van der Waals surface area contributed by atoms with Crippen molar-refractivity contribution in [3.05, 3.63) is 40.5 Å². The fourth-order valence-corrected chi connectivity index (χ4v) is 3.41. The Hall–Kier alpha value is -1.38. The highest BCUT2D eigenvalue weighted by Crippen LogP contribution is 2.24. The Morgan fingerprint density at radius 3 is 2.84 bits per heavy atom. The molecule has 2 aromatic rings. The molecule has 8 heteroatoms. The molecule has 0 amide bonds. The van der Waals surface area contributed by atoms with E-state index in [0.717, 1.165) is 0 Å². The number of sulfonamides is 1. The van der Waals surface area contributed by atoms with Crippen LogP contribution < -0.4 is 10.5 Å². The smallest absolute Gasteiger partial charge is 0.242 e. The van der Waals surface area contributed by atoms with Gasteiger partial charge in [-0.15, -0.1) is 0 Å². The van der Waals surface area contributed by atoms with Crippen molar-refractivity contribution >= 4 is 31.6 Å². The van der Waals surface area contributed by atoms with Crippen LogP contribution in [0.25, 0.3) is 0 Å². The second kappa shape index (κ2) is 5.32. The zero-order valence-electron chi connectivity index (χ0n) is 10.1. The summed E-state index contributed by atoms with van der Waals surface area (Å²) in [6.07, 6.45) is 1.53. The van der Waals surface area contributed by atoms with Crippen molar-refractivity contribution in [3.8, 4) is 0 Å². The summed E-state index contributed by atoms with van der Waals surface area (Å²) in [5.74, 6) is 0.931. The van der Waals surface area contributed by atoms with Gasteiger partial charge in [0.25, 0.3) is 0 Å². The molecule has 0 spiro atoms. The van der Waals surface area contributed by atoms with Gasteiger partial charge >= 0.3 is 0 Å². The number of anilines is 1. The van der Waals surface area contributed by atoms with Crippen LogP contribution in [-0.2, 0) is 16.6 Å². The van der Waals surface area contributed by atoms with Gasteiger partial charge in [0.1, 0.15) is 5.76 Å². The first-order valence-corrected chi connectivity index (χ1v) is 7.62. The fourth-order valence-electron chi connectivity index (χ4n) is 1.44. The number of hydrogen-bond acceptors (Lipinski definition) is 5. The Kier molecular flexibility index (Phi) is 3.93. The molecule has 3 N–H and O–H groups in total. The topological polar surface area (TPSA) is 98.2 Å². The minimum atomic E-state index is -3.68. The summed E-state index contributed by atoms with van der Waals surface area (Å²) in [6, 6.07) is 4.58. The molecule has 102 valence electrons. The number of aryl methyl sites for hydroxylation is 1. The van der Waals surface area contributed by atoms with Gasteiger partial charge in [0.2, 0.25) is 15.9 Å². The van der Waals surface area contributed by atoms with E-state index in [-0.39, 0.29) is 11.4 Å². The van der Waals surface area contributed by atoms with Crippen molar-refractivity contribution in [2.45, 2.75) is 18.4 Å². The SMILES string of the molecule is Cc1cnc(CNS(=O)(=O)c2cc(N)ccc2Br)o1. The lowest BCUT2D eigenvalue weighted by Crippen LogP contribution is -2.23. The van der Waals surface area contributed by atoms with E-state index in [2.05, 4.69) is 25.6 Å². The van der Waals surface area contributed by atoms with Gasteiger partial charge in [0, 0.05) is 10.2 Å². The molecule has 6 nitrogen and oxygen atoms in total. The van der Waals surface area contributed by atoms with Crippen molar-refractivity contribution in [3.63, 3.8) is 0 Å². The highest BCUT2D eigenvalue weighted by molar-refractivity contribution is 9.10. The number of nitrogens with zero attached hydrogens (tertiary/aromatic N) is 1. The molecule has 0 saturated carbocycles. The van der Waals surface area contributed by atoms with Crippen LogP contribution in [0.1, 0.15) is 11.7 Å². The summed E-state index contributed by atoms with van der Waals surface area (Å²) < 4.78 is 32.3. The third kappa shape index (κ3) is 3.34. The van der Waals surface area contributed by atoms with Crippen LogP contribution in [0.5, 0.6) is 0 Å². The Labute approximate surface area is 119 Å². The van der Waals surface area contributed by atoms with E-state index in [4.69, 9.17) is 10.2 Å². The summed E-state index contributed by atoms with van der Waals surface area (Å²) in [5, 5.41) is 0. The van der Waals surface area contributed by atoms with Gasteiger partial charge < -0.3 is 10.2 Å². The average Bonchev–Trinajstić information content (AvgIpc) is 2.76. The molecule has 1 aromatic heterocycles. The first kappa shape index (κ1) is 14.0. The molecule has 2 rings (SSSR count). The number of rotatable bonds is 4. The minimum absolute atomic E-state index is 0.0165. The monoisotopic (exact) mass is 345 g/mol. The molecule has 0 aliphatic heterocycles. The van der Waals surface area contributed by atoms with Crippen molar-refractivity contribution < 1.29 is 12.8 Å². The molecular weight excluding hydrogens is 334 g/mol. The van der Waals surface area contributed by atoms with Gasteiger partial charge in [-0.2, -0.15) is 0 Å². The number of nitrogen functional groups attached to an aromatic ring is 1. The molecule has 0 atom stereocenters. The van der Waals surface area contributed by atoms with Gasteiger partial charge in [0.05, 0.1) is 17.6 Å². The van der Waals surface area contributed by atoms with Crippen LogP contribution in [0.2, 0.25) is 0 Å². The number of benzene rings is 1. The molecule has 0 bridgehead atoms. The largest absolute Gasteiger partial charge is 0.445 e. The van der Waals surface area contributed by atoms with Gasteiger partial charge in [-0.1, -0.05) is 0 Å². The lowest BCUT2D eigenvalue weighted by atomic mass is 10.3. The Morgan fingerprint density at radius 1 is 1.47 bits per heavy atom. The highest BCUT2D eigenvalue weighted by atomic mass is 79.9. The van der Waals surface area contributed by atoms with Crippen molar-refractivity contribution in [1.82, 2.24) is 9.71 Å². The fraction of sp³-hybridized carbons (Fsp3) is 0.182. The first-order valence-electron chi connectivity index (χ1n) is 5.34. The maximum atomic E-state index is 12.1. The summed E-state index contributed by atoms with van der Waals surface area (Å²) in [5.41, 5.74) is 5.96. The summed E-state index contributed by atoms with van der Waals surface area (Å²) in [7, 11) is -3.68. The Morgan fingerprint density at radius 2 is 2.21 bits per heavy atom. The second-order valence-corrected chi connectivity index (χ2v) is 6.47. The minimum Gasteiger partial charge on any atom is -0.445 e. The standard InChI is InChI=1S/C11H12BrN3O3S/c1-7-5-14-11(18-7)6-15-19(16,17)10-4-8(13)2-3-9(10)12/h2-5,15H,6,13H2,1H3. The lowest BCUT2D eigenvalue weighted by Gasteiger charge is -2.07. The van der Waals surface area contributed by atoms with Crippen LogP contribution in [0, 0.1) is 6.92 Å². The molecule has 0 radical (unpaired) electrons. The Balaban J connectivity index is 2.20. The second-order valence-electron chi connectivity index (χ2n) is 3.88. The molecule has 0 fully saturated rings. The lowest BCUT2D eigenvalue weighted by molar-refractivity contribution is 0.463. The summed E-state index contributed by atoms with van der Waals surface area (Å²) in [6.45, 7) is 1.72. The van der Waals surface area contributed by atoms with E-state index < -0.39 is 10.0 Å². The number of oxazole rings is 1. The zero-order chi connectivity index (χ0) is 14.0. The molecule has 0 unspecified atom stereocenters. The van der Waals surface area contributed by atoms with Crippen molar-refractivity contribution in [1.29, 1.82) is 0 Å². The summed E-state index contributed by atoms with van der Waals surface area (Å²) >= 11 is 3.18. The van der Waals surface area contributed by atoms with Crippen LogP contribution in [0.4, 0.5) is 5.69 Å². The van der Waals surface area contributed by atoms with Crippen molar-refractivity contribution in [2.24, 2.45) is 0 Å². The van der Waals surface area contributed by atoms with E-state index >= 15 is 0 Å². The molecule has 0 aliphatic carbocycles. The van der Waals surface area contributed by atoms with Gasteiger partial charge in [-0.05, 0) is 41.1 Å². The van der Waals surface area contributed by atoms with E-state index in [1.165, 1.54) is 12.3 Å². The molecule has 19 heavy (non-hydrogen) atoms. The van der Waals surface area contributed by atoms with E-state index in [1.54, 1.807) is 19.1 Å². The quantitative estimate of drug-likeness (QED) is 0.823. The van der Waals surface area contributed by atoms with E-state index in [9.17, 15) is 8.42 Å². The van der Waals surface area contributed by atoms with Crippen molar-refractivity contribution in [2.75, 3.05) is 5.73 Å². The number of halogens is 1. The normalized spacial score (nSPS) is 11.7. The van der Waals surface area contributed by atoms with Gasteiger partial charge in [-0.25, -0.2) is 18.1 Å². The van der Waals surface area contributed by atoms with Crippen LogP contribution in [0.3, 0.4) is 0 Å². The summed E-state index contributed by atoms with van der Waals surface area (Å²) in [4.78, 5) is 4.00. The number of hydrogen-bond donors (Lipinski definition) is 2. The molecule has 1 aromatic carbocycles. The predicted octanol–water partition coefficient (Wildman–Crippen LogP) is 1.81. The van der Waals surface area contributed by atoms with Gasteiger partial charge in [-0.3, -0.25) is 0 Å². The number of aromatic nitrogens is 1. The average molecular weight is 346 g/mol. The number of nitrogens with two attached hydrogens (primary N) is 1. The Bertz CT molecular complexity index is 697. The van der Waals surface area contributed by atoms with E-state index in [0.29, 0.717) is 21.8 Å². The predicted molar refractivity (Wildman–Crippen MR) is 73.8 cm³/mol. The molecular formula is C11H12BrN3O3S. The van der Waals surface area contributed by atoms with Crippen LogP contribution in [0.15, 0.2) is 38.2 Å². The highest BCUT2D eigenvalue weighted by Gasteiger charge is 2.18. The number of nitrogens with one attached hydrogen (secondary N) is 1. The van der Waals surface area contributed by atoms with Crippen LogP contribution >= 0.6 is 15.9 Å². The third-order valence-corrected chi connectivity index (χ3v) is 4.72. The molecule has 0 saturated heterocycles. The maximum absolute atomic E-state index is 12.1. The molecule has 0 aliphatic rings. The maximum Gasteiger partial charge on any atom is 0.242 e. The molecule has 1 heterocycles. The van der Waals surface area contributed by atoms with Gasteiger partial charge in [0.15, 0.2) is 0 Å². The third-order valence-electron chi connectivity index (χ3n) is 2.33.